The number of oxime groups is 1. The average Bonchev–Trinajstić information content (AvgIpc) is 3.53. The van der Waals surface area contributed by atoms with Gasteiger partial charge in [0.2, 0.25) is 5.52 Å². The molecule has 50 heavy (non-hydrogen) atoms. The van der Waals surface area contributed by atoms with Crippen molar-refractivity contribution in [3.05, 3.63) is 70.8 Å². The second-order valence-electron chi connectivity index (χ2n) is 11.6. The van der Waals surface area contributed by atoms with Crippen LogP contribution in [0, 0.1) is 18.2 Å². The van der Waals surface area contributed by atoms with Gasteiger partial charge in [-0.15, -0.1) is 41.3 Å². The molecule has 1 aromatic carbocycles. The highest BCUT2D eigenvalue weighted by Gasteiger charge is 2.54. The van der Waals surface area contributed by atoms with Gasteiger partial charge in [0.1, 0.15) is 28.6 Å². The molecule has 0 radical (unpaired) electrons. The first-order valence-corrected chi connectivity index (χ1v) is 18.4. The Morgan fingerprint density at radius 3 is 2.96 bits per heavy atom. The topological polar surface area (TPSA) is 166 Å². The molecule has 0 bridgehead atoms. The molecule has 0 spiro atoms. The maximum Gasteiger partial charge on any atom is 0.352 e. The van der Waals surface area contributed by atoms with Crippen LogP contribution < -0.4 is 20.9 Å². The Balaban J connectivity index is 1.23. The number of anilines is 1. The number of nitrogen functional groups attached to an aromatic ring is 1. The number of pyridine rings is 1. The van der Waals surface area contributed by atoms with E-state index in [-0.39, 0.29) is 46.5 Å². The van der Waals surface area contributed by atoms with Crippen molar-refractivity contribution in [2.75, 3.05) is 50.5 Å². The van der Waals surface area contributed by atoms with Crippen LogP contribution in [-0.4, -0.2) is 99.6 Å². The van der Waals surface area contributed by atoms with Crippen LogP contribution in [0.1, 0.15) is 17.3 Å². The van der Waals surface area contributed by atoms with Gasteiger partial charge in [-0.3, -0.25) is 19.4 Å². The molecule has 3 aromatic rings. The normalized spacial score (nSPS) is 21.0. The largest absolute Gasteiger partial charge is 0.477 e. The van der Waals surface area contributed by atoms with Gasteiger partial charge < -0.3 is 26.3 Å². The molecule has 2 amide bonds. The van der Waals surface area contributed by atoms with E-state index in [0.717, 1.165) is 34.8 Å². The van der Waals surface area contributed by atoms with Crippen LogP contribution in [0.3, 0.4) is 0 Å². The SMILES string of the molecule is C#CCON=C(C(=O)NC1C(=O)N2C(C(=O)O)=C(CSc3cc[n+](CC=C)c4cc(C5CNCCN5C)c(F)cc34)CS[C@@H]12)c1csc(N)n1. The molecule has 17 heteroatoms. The van der Waals surface area contributed by atoms with E-state index in [0.29, 0.717) is 35.4 Å². The number of nitrogens with one attached hydrogen (secondary N) is 2. The van der Waals surface area contributed by atoms with Gasteiger partial charge in [0.25, 0.3) is 11.8 Å². The number of thiazole rings is 1. The summed E-state index contributed by atoms with van der Waals surface area (Å²) in [6.45, 7) is 6.48. The van der Waals surface area contributed by atoms with Crippen molar-refractivity contribution in [3.8, 4) is 12.3 Å². The first kappa shape index (κ1) is 35.4. The first-order chi connectivity index (χ1) is 24.1. The van der Waals surface area contributed by atoms with Gasteiger partial charge in [-0.05, 0) is 24.8 Å². The van der Waals surface area contributed by atoms with Crippen molar-refractivity contribution in [2.24, 2.45) is 5.16 Å². The van der Waals surface area contributed by atoms with Crippen LogP contribution in [0.4, 0.5) is 9.52 Å². The molecule has 0 aliphatic carbocycles. The minimum atomic E-state index is -1.26. The predicted octanol–water partition coefficient (Wildman–Crippen LogP) is 1.95. The number of allylic oxidation sites excluding steroid dienone is 1. The van der Waals surface area contributed by atoms with Gasteiger partial charge in [0, 0.05) is 59.1 Å². The van der Waals surface area contributed by atoms with Crippen LogP contribution in [0.15, 0.2) is 63.8 Å². The van der Waals surface area contributed by atoms with Gasteiger partial charge in [-0.25, -0.2) is 14.2 Å². The van der Waals surface area contributed by atoms with Gasteiger partial charge in [0.15, 0.2) is 30.2 Å². The number of rotatable bonds is 12. The second kappa shape index (κ2) is 15.2. The van der Waals surface area contributed by atoms with Crippen LogP contribution in [0.2, 0.25) is 0 Å². The summed E-state index contributed by atoms with van der Waals surface area (Å²) in [5.41, 5.74) is 7.49. The van der Waals surface area contributed by atoms with E-state index in [2.05, 4.69) is 38.2 Å². The maximum atomic E-state index is 15.7. The minimum Gasteiger partial charge on any atom is -0.477 e. The highest BCUT2D eigenvalue weighted by molar-refractivity contribution is 8.01. The van der Waals surface area contributed by atoms with E-state index >= 15 is 4.39 Å². The van der Waals surface area contributed by atoms with Crippen molar-refractivity contribution in [3.63, 3.8) is 0 Å². The first-order valence-electron chi connectivity index (χ1n) is 15.5. The second-order valence-corrected chi connectivity index (χ2v) is 14.6. The fourth-order valence-electron chi connectivity index (χ4n) is 6.08. The zero-order valence-electron chi connectivity index (χ0n) is 26.9. The van der Waals surface area contributed by atoms with E-state index in [4.69, 9.17) is 17.0 Å². The number of thioether (sulfide) groups is 2. The molecule has 13 nitrogen and oxygen atoms in total. The lowest BCUT2D eigenvalue weighted by molar-refractivity contribution is -0.661. The highest BCUT2D eigenvalue weighted by Crippen LogP contribution is 2.42. The molecular weight excluding hydrogens is 704 g/mol. The minimum absolute atomic E-state index is 0.119. The number of benzene rings is 1. The maximum absolute atomic E-state index is 15.7. The summed E-state index contributed by atoms with van der Waals surface area (Å²) in [5, 5.41) is 21.8. The number of carboxylic acid groups (broad SMARTS) is 1. The third-order valence-electron chi connectivity index (χ3n) is 8.51. The number of halogens is 1. The molecule has 260 valence electrons. The number of carboxylic acids is 1. The fourth-order valence-corrected chi connectivity index (χ4v) is 9.14. The molecule has 3 atom stereocenters. The number of amides is 2. The highest BCUT2D eigenvalue weighted by atomic mass is 32.2. The summed E-state index contributed by atoms with van der Waals surface area (Å²) in [4.78, 5) is 52.4. The van der Waals surface area contributed by atoms with E-state index < -0.39 is 29.2 Å². The molecule has 3 aliphatic heterocycles. The summed E-state index contributed by atoms with van der Waals surface area (Å²) in [6, 6.07) is 4.19. The number of carbonyl (C=O) groups excluding carboxylic acids is 2. The number of terminal acetylenes is 1. The standard InChI is InChI=1S/C33H33FN8O5S3/c1-4-8-41-9-6-25(20-12-21(34)19(13-23(20)41)24-14-36-7-10-40(24)3)48-15-18-16-49-31-27(30(44)42(31)28(18)32(45)46)38-29(43)26(39-47-11-5-2)22-17-50-33(35)37-22/h2,4,6,9,12-13,17,24,27,31,36H,1,7-8,10-11,14-16H2,3H3,(H3-,35,37,38,43,45,46)/p+1/t24?,27?,31-/m0/s1. The van der Waals surface area contributed by atoms with Crippen molar-refractivity contribution in [2.45, 2.75) is 28.9 Å². The summed E-state index contributed by atoms with van der Waals surface area (Å²) in [6.07, 6.45) is 8.90. The molecule has 2 aromatic heterocycles. The Hall–Kier alpha value is -4.47. The summed E-state index contributed by atoms with van der Waals surface area (Å²) < 4.78 is 17.7. The monoisotopic (exact) mass is 737 g/mol. The lowest BCUT2D eigenvalue weighted by atomic mass is 10.0. The number of nitrogens with zero attached hydrogens (tertiary/aromatic N) is 5. The quantitative estimate of drug-likeness (QED) is 0.0314. The van der Waals surface area contributed by atoms with Crippen molar-refractivity contribution < 1.29 is 33.3 Å². The number of hydrogen-bond donors (Lipinski definition) is 4. The fraction of sp³-hybridized carbons (Fsp3) is 0.333. The van der Waals surface area contributed by atoms with E-state index in [9.17, 15) is 19.5 Å². The number of carbonyl (C=O) groups is 3. The number of likely N-dealkylation sites (N-methyl/N-ethyl adjacent to an activating group) is 1. The third-order valence-corrected chi connectivity index (χ3v) is 11.7. The molecule has 2 saturated heterocycles. The Kier molecular flexibility index (Phi) is 10.7. The Labute approximate surface area is 299 Å². The van der Waals surface area contributed by atoms with Gasteiger partial charge in [-0.2, -0.15) is 4.57 Å². The van der Waals surface area contributed by atoms with Crippen molar-refractivity contribution >= 4 is 74.4 Å². The van der Waals surface area contributed by atoms with Crippen molar-refractivity contribution in [1.82, 2.24) is 25.4 Å². The lowest BCUT2D eigenvalue weighted by Crippen LogP contribution is -2.71. The summed E-state index contributed by atoms with van der Waals surface area (Å²) >= 11 is 3.81. The van der Waals surface area contributed by atoms with Gasteiger partial charge >= 0.3 is 5.97 Å². The Morgan fingerprint density at radius 1 is 1.44 bits per heavy atom. The summed E-state index contributed by atoms with van der Waals surface area (Å²) in [7, 11) is 1.99. The predicted molar refractivity (Wildman–Crippen MR) is 191 cm³/mol. The number of hydrogen-bond acceptors (Lipinski definition) is 12. The number of nitrogens with two attached hydrogens (primary N) is 1. The molecule has 0 saturated carbocycles. The van der Waals surface area contributed by atoms with Gasteiger partial charge in [0.05, 0.1) is 11.4 Å². The van der Waals surface area contributed by atoms with Gasteiger partial charge in [-0.1, -0.05) is 17.7 Å². The molecule has 3 aliphatic rings. The smallest absolute Gasteiger partial charge is 0.352 e. The van der Waals surface area contributed by atoms with Crippen LogP contribution in [0.5, 0.6) is 0 Å². The van der Waals surface area contributed by atoms with Crippen molar-refractivity contribution in [1.29, 1.82) is 0 Å². The zero-order valence-corrected chi connectivity index (χ0v) is 29.4. The molecule has 2 fully saturated rings. The van der Waals surface area contributed by atoms with Crippen LogP contribution in [-0.2, 0) is 25.8 Å². The number of β-lactam (4-membered cyclic amide) rings is 1. The zero-order chi connectivity index (χ0) is 35.5. The number of fused-ring (bicyclic) bond motifs is 2. The Bertz CT molecular complexity index is 1980. The Morgan fingerprint density at radius 2 is 2.26 bits per heavy atom. The summed E-state index contributed by atoms with van der Waals surface area (Å²) in [5.74, 6) is -0.110. The lowest BCUT2D eigenvalue weighted by Gasteiger charge is -2.49. The molecule has 5 N–H and O–H groups in total. The van der Waals surface area contributed by atoms with Crippen LogP contribution >= 0.6 is 34.9 Å². The average molecular weight is 738 g/mol. The molecule has 5 heterocycles. The van der Waals surface area contributed by atoms with E-state index in [1.165, 1.54) is 33.8 Å². The number of aromatic nitrogens is 2. The molecule has 2 unspecified atom stereocenters. The third kappa shape index (κ3) is 6.94. The van der Waals surface area contributed by atoms with Crippen LogP contribution in [0.25, 0.3) is 10.9 Å². The number of aliphatic carboxylic acids is 1. The number of piperazine rings is 1. The molecule has 6 rings (SSSR count). The van der Waals surface area contributed by atoms with E-state index in [1.807, 2.05) is 29.9 Å². The molecular formula is C33H34FN8O5S3+. The van der Waals surface area contributed by atoms with E-state index in [1.54, 1.807) is 12.1 Å².